The second kappa shape index (κ2) is 7.11. The van der Waals surface area contributed by atoms with Crippen LogP contribution in [0.15, 0.2) is 11.6 Å². The van der Waals surface area contributed by atoms with E-state index in [9.17, 15) is 4.79 Å². The molecule has 0 N–H and O–H groups in total. The molecule has 2 rings (SSSR count). The van der Waals surface area contributed by atoms with Crippen molar-refractivity contribution in [2.75, 3.05) is 13.2 Å². The van der Waals surface area contributed by atoms with Gasteiger partial charge in [-0.15, -0.1) is 0 Å². The summed E-state index contributed by atoms with van der Waals surface area (Å²) < 4.78 is 11.1. The van der Waals surface area contributed by atoms with Gasteiger partial charge in [-0.1, -0.05) is 11.3 Å². The third kappa shape index (κ3) is 5.19. The van der Waals surface area contributed by atoms with E-state index >= 15 is 0 Å². The second-order valence-corrected chi connectivity index (χ2v) is 7.12. The Morgan fingerprint density at radius 2 is 2.29 bits per heavy atom. The third-order valence-corrected chi connectivity index (χ3v) is 4.02. The first-order valence-electron chi connectivity index (χ1n) is 7.47. The molecular formula is C15H24N2O3S. The SMILES string of the molecule is CC(C)(C)OC(=O)N1CCCC[C@H]1CCOc1nccs1. The average Bonchev–Trinajstić information content (AvgIpc) is 2.90. The van der Waals surface area contributed by atoms with Crippen molar-refractivity contribution in [3.8, 4) is 5.19 Å². The summed E-state index contributed by atoms with van der Waals surface area (Å²) in [5.74, 6) is 0. The van der Waals surface area contributed by atoms with Gasteiger partial charge in [0.05, 0.1) is 6.61 Å². The number of carbonyl (C=O) groups is 1. The molecule has 0 bridgehead atoms. The molecule has 0 unspecified atom stereocenters. The molecule has 5 nitrogen and oxygen atoms in total. The molecule has 1 atom stereocenters. The Kier molecular flexibility index (Phi) is 5.45. The highest BCUT2D eigenvalue weighted by Gasteiger charge is 2.30. The first kappa shape index (κ1) is 16.1. The number of aromatic nitrogens is 1. The van der Waals surface area contributed by atoms with Gasteiger partial charge in [0.15, 0.2) is 0 Å². The van der Waals surface area contributed by atoms with Gasteiger partial charge in [0.25, 0.3) is 5.19 Å². The van der Waals surface area contributed by atoms with Crippen LogP contribution in [-0.4, -0.2) is 40.8 Å². The van der Waals surface area contributed by atoms with Crippen LogP contribution in [0, 0.1) is 0 Å². The normalized spacial score (nSPS) is 19.4. The summed E-state index contributed by atoms with van der Waals surface area (Å²) in [4.78, 5) is 18.2. The summed E-state index contributed by atoms with van der Waals surface area (Å²) in [7, 11) is 0. The van der Waals surface area contributed by atoms with E-state index in [1.807, 2.05) is 31.1 Å². The first-order valence-corrected chi connectivity index (χ1v) is 8.35. The molecule has 1 aromatic heterocycles. The Bertz CT molecular complexity index is 442. The Morgan fingerprint density at radius 3 is 2.95 bits per heavy atom. The molecule has 0 saturated carbocycles. The zero-order valence-corrected chi connectivity index (χ0v) is 13.8. The smallest absolute Gasteiger partial charge is 0.410 e. The van der Waals surface area contributed by atoms with Gasteiger partial charge in [0.1, 0.15) is 5.60 Å². The predicted molar refractivity (Wildman–Crippen MR) is 82.8 cm³/mol. The third-order valence-electron chi connectivity index (χ3n) is 3.34. The molecule has 0 aliphatic carbocycles. The first-order chi connectivity index (χ1) is 9.96. The van der Waals surface area contributed by atoms with E-state index in [1.165, 1.54) is 11.3 Å². The molecule has 1 aromatic rings. The lowest BCUT2D eigenvalue weighted by Gasteiger charge is -2.36. The lowest BCUT2D eigenvalue weighted by atomic mass is 10.0. The summed E-state index contributed by atoms with van der Waals surface area (Å²) >= 11 is 1.49. The number of ether oxygens (including phenoxy) is 2. The molecule has 1 aliphatic rings. The number of hydrogen-bond donors (Lipinski definition) is 0. The topological polar surface area (TPSA) is 51.7 Å². The molecule has 21 heavy (non-hydrogen) atoms. The molecule has 0 radical (unpaired) electrons. The van der Waals surface area contributed by atoms with E-state index in [0.717, 1.165) is 32.2 Å². The van der Waals surface area contributed by atoms with Crippen LogP contribution in [0.25, 0.3) is 0 Å². The number of likely N-dealkylation sites (tertiary alicyclic amines) is 1. The highest BCUT2D eigenvalue weighted by molar-refractivity contribution is 7.11. The Balaban J connectivity index is 1.84. The fourth-order valence-electron chi connectivity index (χ4n) is 2.43. The number of thiazole rings is 1. The van der Waals surface area contributed by atoms with E-state index in [2.05, 4.69) is 4.98 Å². The van der Waals surface area contributed by atoms with Gasteiger partial charge in [0.2, 0.25) is 0 Å². The number of piperidine rings is 1. The van der Waals surface area contributed by atoms with Crippen LogP contribution in [0.1, 0.15) is 46.5 Å². The Morgan fingerprint density at radius 1 is 1.48 bits per heavy atom. The average molecular weight is 312 g/mol. The largest absolute Gasteiger partial charge is 0.470 e. The Labute approximate surface area is 130 Å². The number of carbonyl (C=O) groups excluding carboxylic acids is 1. The van der Waals surface area contributed by atoms with Gasteiger partial charge in [-0.25, -0.2) is 9.78 Å². The van der Waals surface area contributed by atoms with E-state index in [-0.39, 0.29) is 12.1 Å². The van der Waals surface area contributed by atoms with Crippen molar-refractivity contribution < 1.29 is 14.3 Å². The van der Waals surface area contributed by atoms with Crippen molar-refractivity contribution in [1.82, 2.24) is 9.88 Å². The van der Waals surface area contributed by atoms with Crippen molar-refractivity contribution >= 4 is 17.4 Å². The minimum Gasteiger partial charge on any atom is -0.470 e. The Hall–Kier alpha value is -1.30. The van der Waals surface area contributed by atoms with Crippen LogP contribution < -0.4 is 4.74 Å². The van der Waals surface area contributed by atoms with Crippen LogP contribution >= 0.6 is 11.3 Å². The van der Waals surface area contributed by atoms with E-state index in [1.54, 1.807) is 6.20 Å². The molecule has 2 heterocycles. The number of nitrogens with zero attached hydrogens (tertiary/aromatic N) is 2. The van der Waals surface area contributed by atoms with Crippen LogP contribution in [0.3, 0.4) is 0 Å². The maximum atomic E-state index is 12.3. The molecule has 0 spiro atoms. The molecule has 0 aromatic carbocycles. The van der Waals surface area contributed by atoms with Crippen molar-refractivity contribution in [2.45, 2.75) is 58.1 Å². The van der Waals surface area contributed by atoms with Gasteiger partial charge in [-0.3, -0.25) is 0 Å². The summed E-state index contributed by atoms with van der Waals surface area (Å²) in [6.45, 7) is 7.05. The summed E-state index contributed by atoms with van der Waals surface area (Å²) in [5, 5.41) is 2.58. The molecule has 118 valence electrons. The van der Waals surface area contributed by atoms with Crippen LogP contribution in [-0.2, 0) is 4.74 Å². The zero-order valence-electron chi connectivity index (χ0n) is 13.0. The number of amides is 1. The lowest BCUT2D eigenvalue weighted by Crippen LogP contribution is -2.46. The molecule has 1 amide bonds. The van der Waals surface area contributed by atoms with Crippen LogP contribution in [0.4, 0.5) is 4.79 Å². The monoisotopic (exact) mass is 312 g/mol. The van der Waals surface area contributed by atoms with E-state index in [4.69, 9.17) is 9.47 Å². The van der Waals surface area contributed by atoms with Gasteiger partial charge >= 0.3 is 6.09 Å². The second-order valence-electron chi connectivity index (χ2n) is 6.26. The minimum atomic E-state index is -0.448. The number of rotatable bonds is 4. The summed E-state index contributed by atoms with van der Waals surface area (Å²) in [6, 6.07) is 0.202. The number of hydrogen-bond acceptors (Lipinski definition) is 5. The summed E-state index contributed by atoms with van der Waals surface area (Å²) in [5.41, 5.74) is -0.448. The maximum absolute atomic E-state index is 12.3. The fraction of sp³-hybridized carbons (Fsp3) is 0.733. The fourth-order valence-corrected chi connectivity index (χ4v) is 2.94. The minimum absolute atomic E-state index is 0.202. The zero-order chi connectivity index (χ0) is 15.3. The predicted octanol–water partition coefficient (Wildman–Crippen LogP) is 3.70. The van der Waals surface area contributed by atoms with Crippen molar-refractivity contribution in [2.24, 2.45) is 0 Å². The summed E-state index contributed by atoms with van der Waals surface area (Å²) in [6.07, 6.45) is 5.55. The molecule has 1 saturated heterocycles. The molecular weight excluding hydrogens is 288 g/mol. The van der Waals surface area contributed by atoms with Crippen molar-refractivity contribution in [1.29, 1.82) is 0 Å². The maximum Gasteiger partial charge on any atom is 0.410 e. The lowest BCUT2D eigenvalue weighted by molar-refractivity contribution is 0.00743. The highest BCUT2D eigenvalue weighted by atomic mass is 32.1. The van der Waals surface area contributed by atoms with Gasteiger partial charge < -0.3 is 14.4 Å². The van der Waals surface area contributed by atoms with Crippen molar-refractivity contribution in [3.05, 3.63) is 11.6 Å². The van der Waals surface area contributed by atoms with E-state index in [0.29, 0.717) is 11.8 Å². The van der Waals surface area contributed by atoms with Crippen LogP contribution in [0.5, 0.6) is 5.19 Å². The van der Waals surface area contributed by atoms with E-state index < -0.39 is 5.60 Å². The van der Waals surface area contributed by atoms with Gasteiger partial charge in [-0.2, -0.15) is 0 Å². The standard InChI is InChI=1S/C15H24N2O3S/c1-15(2,3)20-14(18)17-9-5-4-6-12(17)7-10-19-13-16-8-11-21-13/h8,11-12H,4-7,9-10H2,1-3H3/t12-/m0/s1. The quantitative estimate of drug-likeness (QED) is 0.850. The highest BCUT2D eigenvalue weighted by Crippen LogP contribution is 2.23. The van der Waals surface area contributed by atoms with Gasteiger partial charge in [0, 0.05) is 30.6 Å². The van der Waals surface area contributed by atoms with Crippen molar-refractivity contribution in [3.63, 3.8) is 0 Å². The molecule has 1 aliphatic heterocycles. The van der Waals surface area contributed by atoms with Gasteiger partial charge in [-0.05, 0) is 40.0 Å². The van der Waals surface area contributed by atoms with Crippen LogP contribution in [0.2, 0.25) is 0 Å². The molecule has 1 fully saturated rings. The molecule has 6 heteroatoms.